The van der Waals surface area contributed by atoms with Gasteiger partial charge in [0.2, 0.25) is 5.91 Å². The number of hydrogen-bond acceptors (Lipinski definition) is 4. The first kappa shape index (κ1) is 29.9. The molecule has 2 aromatic rings. The minimum atomic E-state index is -0.722. The van der Waals surface area contributed by atoms with Gasteiger partial charge in [0.1, 0.15) is 0 Å². The molecule has 0 saturated carbocycles. The van der Waals surface area contributed by atoms with Gasteiger partial charge in [0.25, 0.3) is 0 Å². The van der Waals surface area contributed by atoms with Crippen LogP contribution >= 0.6 is 0 Å². The van der Waals surface area contributed by atoms with E-state index in [4.69, 9.17) is 4.74 Å². The molecule has 1 atom stereocenters. The summed E-state index contributed by atoms with van der Waals surface area (Å²) in [6.07, 6.45) is 8.88. The molecular weight excluding hydrogens is 490 g/mol. The summed E-state index contributed by atoms with van der Waals surface area (Å²) in [5.74, 6) is -0.507. The standard InChI is InChI=1S/C32H43N3O4/c1-4-7-9-10-11-15-21-27(36)33-26-20-16-19-25(23-26)29-28(31(37)39-6-3)30(24-17-13-12-14-18-24)35(22-8-5-2)32(38)34-29/h12-14,16-20,23,29H,4-11,15,21-22H2,1-3H3,(H,33,36)(H,34,38). The van der Waals surface area contributed by atoms with E-state index in [0.29, 0.717) is 35.5 Å². The minimum Gasteiger partial charge on any atom is -0.463 e. The van der Waals surface area contributed by atoms with E-state index in [2.05, 4.69) is 24.5 Å². The van der Waals surface area contributed by atoms with E-state index in [1.54, 1.807) is 11.8 Å². The van der Waals surface area contributed by atoms with Crippen LogP contribution in [0.25, 0.3) is 5.70 Å². The highest BCUT2D eigenvalue weighted by Gasteiger charge is 2.38. The molecular formula is C32H43N3O4. The third-order valence-electron chi connectivity index (χ3n) is 6.87. The summed E-state index contributed by atoms with van der Waals surface area (Å²) in [5.41, 5.74) is 3.06. The monoisotopic (exact) mass is 533 g/mol. The van der Waals surface area contributed by atoms with Gasteiger partial charge in [-0.05, 0) is 43.0 Å². The molecule has 0 saturated heterocycles. The van der Waals surface area contributed by atoms with E-state index in [9.17, 15) is 14.4 Å². The SMILES string of the molecule is CCCCCCCCC(=O)Nc1cccc(C2NC(=O)N(CCCC)C(c3ccccc3)=C2C(=O)OCC)c1. The highest BCUT2D eigenvalue weighted by molar-refractivity contribution is 6.04. The zero-order valence-electron chi connectivity index (χ0n) is 23.6. The van der Waals surface area contributed by atoms with Crippen molar-refractivity contribution in [2.75, 3.05) is 18.5 Å². The summed E-state index contributed by atoms with van der Waals surface area (Å²) in [4.78, 5) is 41.1. The largest absolute Gasteiger partial charge is 0.463 e. The third kappa shape index (κ3) is 8.44. The number of nitrogens with one attached hydrogen (secondary N) is 2. The van der Waals surface area contributed by atoms with Crippen LogP contribution in [0.5, 0.6) is 0 Å². The Hall–Kier alpha value is -3.61. The first-order valence-electron chi connectivity index (χ1n) is 14.4. The maximum absolute atomic E-state index is 13.4. The molecule has 3 rings (SSSR count). The summed E-state index contributed by atoms with van der Waals surface area (Å²) in [6, 6.07) is 15.9. The van der Waals surface area contributed by atoms with Crippen molar-refractivity contribution >= 4 is 29.3 Å². The average Bonchev–Trinajstić information content (AvgIpc) is 2.94. The molecule has 2 aromatic carbocycles. The number of carbonyl (C=O) groups excluding carboxylic acids is 3. The maximum Gasteiger partial charge on any atom is 0.338 e. The number of unbranched alkanes of at least 4 members (excludes halogenated alkanes) is 6. The second-order valence-corrected chi connectivity index (χ2v) is 9.93. The van der Waals surface area contributed by atoms with Crippen molar-refractivity contribution in [3.8, 4) is 0 Å². The number of ether oxygens (including phenoxy) is 1. The zero-order valence-corrected chi connectivity index (χ0v) is 23.6. The fourth-order valence-corrected chi connectivity index (χ4v) is 4.85. The Morgan fingerprint density at radius 2 is 1.62 bits per heavy atom. The van der Waals surface area contributed by atoms with E-state index in [0.717, 1.165) is 37.7 Å². The fraction of sp³-hybridized carbons (Fsp3) is 0.469. The predicted molar refractivity (Wildman–Crippen MR) is 156 cm³/mol. The van der Waals surface area contributed by atoms with Crippen LogP contribution in [0.2, 0.25) is 0 Å². The quantitative estimate of drug-likeness (QED) is 0.187. The molecule has 0 aliphatic carbocycles. The van der Waals surface area contributed by atoms with Gasteiger partial charge in [-0.15, -0.1) is 0 Å². The van der Waals surface area contributed by atoms with Crippen LogP contribution in [0.4, 0.5) is 10.5 Å². The van der Waals surface area contributed by atoms with Gasteiger partial charge >= 0.3 is 12.0 Å². The number of benzene rings is 2. The molecule has 1 aliphatic rings. The Kier molecular flexibility index (Phi) is 12.1. The number of carbonyl (C=O) groups is 3. The van der Waals surface area contributed by atoms with Gasteiger partial charge in [0, 0.05) is 18.7 Å². The summed E-state index contributed by atoms with van der Waals surface area (Å²) < 4.78 is 5.50. The molecule has 1 unspecified atom stereocenters. The normalized spacial score (nSPS) is 15.2. The second-order valence-electron chi connectivity index (χ2n) is 9.93. The van der Waals surface area contributed by atoms with Crippen molar-refractivity contribution in [2.24, 2.45) is 0 Å². The number of rotatable bonds is 15. The Bertz CT molecular complexity index is 1130. The smallest absolute Gasteiger partial charge is 0.338 e. The lowest BCUT2D eigenvalue weighted by molar-refractivity contribution is -0.139. The molecule has 7 heteroatoms. The maximum atomic E-state index is 13.4. The number of amides is 3. The summed E-state index contributed by atoms with van der Waals surface area (Å²) >= 11 is 0. The molecule has 210 valence electrons. The average molecular weight is 534 g/mol. The first-order chi connectivity index (χ1) is 19.0. The lowest BCUT2D eigenvalue weighted by Gasteiger charge is -2.37. The topological polar surface area (TPSA) is 87.7 Å². The van der Waals surface area contributed by atoms with Crippen molar-refractivity contribution in [2.45, 2.75) is 84.6 Å². The molecule has 1 aliphatic heterocycles. The van der Waals surface area contributed by atoms with Gasteiger partial charge in [-0.3, -0.25) is 9.69 Å². The van der Waals surface area contributed by atoms with E-state index in [-0.39, 0.29) is 18.5 Å². The molecule has 2 N–H and O–H groups in total. The van der Waals surface area contributed by atoms with Crippen molar-refractivity contribution in [1.29, 1.82) is 0 Å². The minimum absolute atomic E-state index is 0.0350. The van der Waals surface area contributed by atoms with Crippen LogP contribution in [0.15, 0.2) is 60.2 Å². The first-order valence-corrected chi connectivity index (χ1v) is 14.4. The summed E-state index contributed by atoms with van der Waals surface area (Å²) in [7, 11) is 0. The van der Waals surface area contributed by atoms with Crippen LogP contribution in [0.3, 0.4) is 0 Å². The molecule has 7 nitrogen and oxygen atoms in total. The Morgan fingerprint density at radius 3 is 2.33 bits per heavy atom. The van der Waals surface area contributed by atoms with E-state index >= 15 is 0 Å². The van der Waals surface area contributed by atoms with Crippen molar-refractivity contribution in [3.05, 3.63) is 71.3 Å². The van der Waals surface area contributed by atoms with E-state index in [1.165, 1.54) is 19.3 Å². The lowest BCUT2D eigenvalue weighted by atomic mass is 9.91. The third-order valence-corrected chi connectivity index (χ3v) is 6.87. The van der Waals surface area contributed by atoms with Crippen LogP contribution in [-0.2, 0) is 14.3 Å². The number of hydrogen-bond donors (Lipinski definition) is 2. The number of nitrogens with zero attached hydrogens (tertiary/aromatic N) is 1. The number of anilines is 1. The van der Waals surface area contributed by atoms with Gasteiger partial charge in [-0.1, -0.05) is 94.8 Å². The molecule has 3 amide bonds. The summed E-state index contributed by atoms with van der Waals surface area (Å²) in [5, 5.41) is 6.02. The van der Waals surface area contributed by atoms with Crippen molar-refractivity contribution in [3.63, 3.8) is 0 Å². The number of urea groups is 1. The summed E-state index contributed by atoms with van der Waals surface area (Å²) in [6.45, 7) is 6.73. The van der Waals surface area contributed by atoms with Crippen LogP contribution < -0.4 is 10.6 Å². The van der Waals surface area contributed by atoms with Crippen LogP contribution in [-0.4, -0.2) is 36.0 Å². The van der Waals surface area contributed by atoms with Gasteiger partial charge in [0.15, 0.2) is 0 Å². The fourth-order valence-electron chi connectivity index (χ4n) is 4.85. The molecule has 0 aromatic heterocycles. The molecule has 1 heterocycles. The van der Waals surface area contributed by atoms with Gasteiger partial charge in [-0.25, -0.2) is 9.59 Å². The molecule has 0 radical (unpaired) electrons. The van der Waals surface area contributed by atoms with Crippen LogP contribution in [0.1, 0.15) is 95.7 Å². The Morgan fingerprint density at radius 1 is 0.897 bits per heavy atom. The van der Waals surface area contributed by atoms with Crippen molar-refractivity contribution < 1.29 is 19.1 Å². The van der Waals surface area contributed by atoms with Gasteiger partial charge < -0.3 is 15.4 Å². The van der Waals surface area contributed by atoms with E-state index < -0.39 is 12.0 Å². The molecule has 0 bridgehead atoms. The van der Waals surface area contributed by atoms with Crippen molar-refractivity contribution in [1.82, 2.24) is 10.2 Å². The van der Waals surface area contributed by atoms with E-state index in [1.807, 2.05) is 54.6 Å². The molecule has 0 spiro atoms. The number of esters is 1. The Labute approximate surface area is 233 Å². The molecule has 39 heavy (non-hydrogen) atoms. The van der Waals surface area contributed by atoms with Crippen LogP contribution in [0, 0.1) is 0 Å². The zero-order chi connectivity index (χ0) is 28.0. The second kappa shape index (κ2) is 15.7. The Balaban J connectivity index is 1.92. The highest BCUT2D eigenvalue weighted by atomic mass is 16.5. The molecule has 0 fully saturated rings. The van der Waals surface area contributed by atoms with Gasteiger partial charge in [-0.2, -0.15) is 0 Å². The predicted octanol–water partition coefficient (Wildman–Crippen LogP) is 7.22. The lowest BCUT2D eigenvalue weighted by Crippen LogP contribution is -2.48. The highest BCUT2D eigenvalue weighted by Crippen LogP contribution is 2.37. The van der Waals surface area contributed by atoms with Gasteiger partial charge in [0.05, 0.1) is 23.9 Å².